The Balaban J connectivity index is 1.94. The van der Waals surface area contributed by atoms with E-state index in [0.29, 0.717) is 4.88 Å². The van der Waals surface area contributed by atoms with E-state index in [4.69, 9.17) is 4.74 Å². The number of carbonyl (C=O) groups excluding carboxylic acids is 3. The first-order valence-corrected chi connectivity index (χ1v) is 8.26. The maximum Gasteiger partial charge on any atom is 0.349 e. The van der Waals surface area contributed by atoms with E-state index in [1.807, 2.05) is 31.2 Å². The predicted molar refractivity (Wildman–Crippen MR) is 93.3 cm³/mol. The standard InChI is InChI=1S/C17H20N2O4S/c1-10-11-7-5-6-8-12(11)24-14(10)15(21)23-9-13(20)18-16(22)19-17(2,3)4/h5-8H,9H2,1-4H3,(H2,18,19,20,22). The van der Waals surface area contributed by atoms with Crippen molar-refractivity contribution in [2.45, 2.75) is 33.2 Å². The van der Waals surface area contributed by atoms with Crippen molar-refractivity contribution in [2.24, 2.45) is 0 Å². The summed E-state index contributed by atoms with van der Waals surface area (Å²) in [7, 11) is 0. The summed E-state index contributed by atoms with van der Waals surface area (Å²) < 4.78 is 5.99. The third-order valence-corrected chi connectivity index (χ3v) is 4.36. The Bertz CT molecular complexity index is 789. The molecule has 2 N–H and O–H groups in total. The zero-order valence-corrected chi connectivity index (χ0v) is 14.9. The number of fused-ring (bicyclic) bond motifs is 1. The van der Waals surface area contributed by atoms with Crippen LogP contribution >= 0.6 is 11.3 Å². The van der Waals surface area contributed by atoms with Crippen LogP contribution in [0, 0.1) is 6.92 Å². The number of imide groups is 1. The number of thiophene rings is 1. The number of benzene rings is 1. The highest BCUT2D eigenvalue weighted by molar-refractivity contribution is 7.21. The Kier molecular flexibility index (Phi) is 5.23. The van der Waals surface area contributed by atoms with E-state index in [-0.39, 0.29) is 0 Å². The number of aryl methyl sites for hydroxylation is 1. The van der Waals surface area contributed by atoms with Gasteiger partial charge in [0.05, 0.1) is 0 Å². The molecular weight excluding hydrogens is 328 g/mol. The summed E-state index contributed by atoms with van der Waals surface area (Å²) in [5.41, 5.74) is 0.362. The second-order valence-corrected chi connectivity index (χ2v) is 7.43. The number of hydrogen-bond donors (Lipinski definition) is 2. The number of nitrogens with one attached hydrogen (secondary N) is 2. The van der Waals surface area contributed by atoms with Crippen molar-refractivity contribution in [1.82, 2.24) is 10.6 Å². The van der Waals surface area contributed by atoms with Gasteiger partial charge in [-0.1, -0.05) is 18.2 Å². The van der Waals surface area contributed by atoms with Gasteiger partial charge in [-0.2, -0.15) is 0 Å². The van der Waals surface area contributed by atoms with Gasteiger partial charge in [0.2, 0.25) is 0 Å². The van der Waals surface area contributed by atoms with Gasteiger partial charge in [-0.3, -0.25) is 10.1 Å². The molecule has 128 valence electrons. The monoisotopic (exact) mass is 348 g/mol. The van der Waals surface area contributed by atoms with Crippen molar-refractivity contribution < 1.29 is 19.1 Å². The van der Waals surface area contributed by atoms with Crippen LogP contribution in [0.5, 0.6) is 0 Å². The lowest BCUT2D eigenvalue weighted by atomic mass is 10.1. The minimum atomic E-state index is -0.677. The molecule has 1 heterocycles. The summed E-state index contributed by atoms with van der Waals surface area (Å²) >= 11 is 1.32. The van der Waals surface area contributed by atoms with Crippen LogP contribution in [0.25, 0.3) is 10.1 Å². The number of ether oxygens (including phenoxy) is 1. The van der Waals surface area contributed by atoms with E-state index in [0.717, 1.165) is 15.6 Å². The van der Waals surface area contributed by atoms with Gasteiger partial charge in [0.1, 0.15) is 4.88 Å². The molecule has 1 aromatic carbocycles. The Hall–Kier alpha value is -2.41. The second kappa shape index (κ2) is 7.00. The first kappa shape index (κ1) is 17.9. The number of carbonyl (C=O) groups is 3. The SMILES string of the molecule is Cc1c(C(=O)OCC(=O)NC(=O)NC(C)(C)C)sc2ccccc12. The maximum atomic E-state index is 12.2. The number of rotatable bonds is 3. The fourth-order valence-corrected chi connectivity index (χ4v) is 3.20. The third-order valence-electron chi connectivity index (χ3n) is 3.10. The zero-order chi connectivity index (χ0) is 17.9. The molecule has 0 unspecified atom stereocenters. The van der Waals surface area contributed by atoms with Crippen molar-refractivity contribution in [3.05, 3.63) is 34.7 Å². The topological polar surface area (TPSA) is 84.5 Å². The molecule has 0 atom stereocenters. The van der Waals surface area contributed by atoms with Crippen molar-refractivity contribution in [3.8, 4) is 0 Å². The van der Waals surface area contributed by atoms with Gasteiger partial charge in [-0.05, 0) is 44.7 Å². The van der Waals surface area contributed by atoms with Crippen LogP contribution in [0.3, 0.4) is 0 Å². The molecular formula is C17H20N2O4S. The number of urea groups is 1. The molecule has 0 saturated carbocycles. The average molecular weight is 348 g/mol. The van der Waals surface area contributed by atoms with Crippen LogP contribution in [0.4, 0.5) is 4.79 Å². The molecule has 7 heteroatoms. The Labute approximate surface area is 144 Å². The van der Waals surface area contributed by atoms with E-state index < -0.39 is 30.1 Å². The molecule has 0 aliphatic carbocycles. The van der Waals surface area contributed by atoms with Gasteiger partial charge < -0.3 is 10.1 Å². The molecule has 1 aromatic heterocycles. The van der Waals surface area contributed by atoms with Crippen molar-refractivity contribution in [1.29, 1.82) is 0 Å². The maximum absolute atomic E-state index is 12.2. The molecule has 24 heavy (non-hydrogen) atoms. The van der Waals surface area contributed by atoms with Crippen LogP contribution in [-0.4, -0.2) is 30.1 Å². The fourth-order valence-electron chi connectivity index (χ4n) is 2.10. The molecule has 0 radical (unpaired) electrons. The van der Waals surface area contributed by atoms with E-state index in [1.54, 1.807) is 20.8 Å². The van der Waals surface area contributed by atoms with Crippen molar-refractivity contribution in [3.63, 3.8) is 0 Å². The summed E-state index contributed by atoms with van der Waals surface area (Å²) in [4.78, 5) is 35.9. The van der Waals surface area contributed by atoms with Crippen molar-refractivity contribution in [2.75, 3.05) is 6.61 Å². The van der Waals surface area contributed by atoms with E-state index >= 15 is 0 Å². The van der Waals surface area contributed by atoms with Gasteiger partial charge in [0, 0.05) is 10.2 Å². The number of esters is 1. The minimum absolute atomic E-state index is 0.461. The highest BCUT2D eigenvalue weighted by atomic mass is 32.1. The lowest BCUT2D eigenvalue weighted by Gasteiger charge is -2.20. The lowest BCUT2D eigenvalue weighted by Crippen LogP contribution is -2.49. The molecule has 0 fully saturated rings. The van der Waals surface area contributed by atoms with E-state index in [2.05, 4.69) is 10.6 Å². The highest BCUT2D eigenvalue weighted by Gasteiger charge is 2.19. The summed E-state index contributed by atoms with van der Waals surface area (Å²) in [6.45, 7) is 6.71. The highest BCUT2D eigenvalue weighted by Crippen LogP contribution is 2.30. The molecule has 2 rings (SSSR count). The van der Waals surface area contributed by atoms with Gasteiger partial charge in [0.15, 0.2) is 6.61 Å². The molecule has 0 saturated heterocycles. The Morgan fingerprint density at radius 2 is 1.83 bits per heavy atom. The zero-order valence-electron chi connectivity index (χ0n) is 14.1. The minimum Gasteiger partial charge on any atom is -0.451 e. The molecule has 0 aliphatic rings. The summed E-state index contributed by atoms with van der Waals surface area (Å²) in [6.07, 6.45) is 0. The average Bonchev–Trinajstić information content (AvgIpc) is 2.80. The first-order chi connectivity index (χ1) is 11.2. The van der Waals surface area contributed by atoms with E-state index in [9.17, 15) is 14.4 Å². The molecule has 0 aliphatic heterocycles. The van der Waals surface area contributed by atoms with Gasteiger partial charge >= 0.3 is 12.0 Å². The fraction of sp³-hybridized carbons (Fsp3) is 0.353. The Morgan fingerprint density at radius 1 is 1.17 bits per heavy atom. The Morgan fingerprint density at radius 3 is 2.46 bits per heavy atom. The van der Waals surface area contributed by atoms with E-state index in [1.165, 1.54) is 11.3 Å². The third kappa shape index (κ3) is 4.55. The smallest absolute Gasteiger partial charge is 0.349 e. The number of amides is 3. The van der Waals surface area contributed by atoms with Crippen LogP contribution < -0.4 is 10.6 Å². The van der Waals surface area contributed by atoms with Crippen LogP contribution in [0.15, 0.2) is 24.3 Å². The molecule has 2 aromatic rings. The first-order valence-electron chi connectivity index (χ1n) is 7.44. The molecule has 6 nitrogen and oxygen atoms in total. The normalized spacial score (nSPS) is 11.2. The van der Waals surface area contributed by atoms with Gasteiger partial charge in [-0.25, -0.2) is 9.59 Å². The summed E-state index contributed by atoms with van der Waals surface area (Å²) in [6, 6.07) is 7.03. The summed E-state index contributed by atoms with van der Waals surface area (Å²) in [5.74, 6) is -1.25. The lowest BCUT2D eigenvalue weighted by molar-refractivity contribution is -0.123. The largest absolute Gasteiger partial charge is 0.451 e. The van der Waals surface area contributed by atoms with Gasteiger partial charge in [0.25, 0.3) is 5.91 Å². The predicted octanol–water partition coefficient (Wildman–Crippen LogP) is 2.99. The quantitative estimate of drug-likeness (QED) is 0.835. The second-order valence-electron chi connectivity index (χ2n) is 6.38. The van der Waals surface area contributed by atoms with Crippen LogP contribution in [0.2, 0.25) is 0 Å². The summed E-state index contributed by atoms with van der Waals surface area (Å²) in [5, 5.41) is 5.70. The van der Waals surface area contributed by atoms with Gasteiger partial charge in [-0.15, -0.1) is 11.3 Å². The molecule has 0 spiro atoms. The molecule has 0 bridgehead atoms. The molecule has 3 amide bonds. The number of hydrogen-bond acceptors (Lipinski definition) is 5. The van der Waals surface area contributed by atoms with Crippen LogP contribution in [0.1, 0.15) is 36.0 Å². The van der Waals surface area contributed by atoms with Crippen LogP contribution in [-0.2, 0) is 9.53 Å². The van der Waals surface area contributed by atoms with Crippen molar-refractivity contribution >= 4 is 39.3 Å².